The van der Waals surface area contributed by atoms with Gasteiger partial charge < -0.3 is 10.8 Å². The normalized spacial score (nSPS) is 19.8. The number of benzene rings is 2. The maximum atomic E-state index is 14.5. The first-order valence-electron chi connectivity index (χ1n) is 11.5. The van der Waals surface area contributed by atoms with Crippen molar-refractivity contribution in [1.29, 1.82) is 0 Å². The number of carbonyl (C=O) groups excluding carboxylic acids is 1. The SMILES string of the molecule is NC(=O)c1cccc(-c2nn([C@@H]3c4cc(F)cc(F)c4C[C@H]3O)c3c2CN(CCC(F)(F)F)CC3)c1. The molecule has 1 aliphatic heterocycles. The van der Waals surface area contributed by atoms with Crippen LogP contribution in [0.4, 0.5) is 22.0 Å². The first-order chi connectivity index (χ1) is 17.0. The Morgan fingerprint density at radius 2 is 1.94 bits per heavy atom. The van der Waals surface area contributed by atoms with Gasteiger partial charge in [0.25, 0.3) is 0 Å². The van der Waals surface area contributed by atoms with E-state index in [0.29, 0.717) is 35.5 Å². The average Bonchev–Trinajstić information content (AvgIpc) is 3.34. The van der Waals surface area contributed by atoms with Crippen molar-refractivity contribution >= 4 is 5.91 Å². The molecule has 0 unspecified atom stereocenters. The Morgan fingerprint density at radius 1 is 1.17 bits per heavy atom. The highest BCUT2D eigenvalue weighted by Crippen LogP contribution is 2.40. The van der Waals surface area contributed by atoms with Crippen LogP contribution in [0.5, 0.6) is 0 Å². The quantitative estimate of drug-likeness (QED) is 0.517. The number of hydrogen-bond acceptors (Lipinski definition) is 4. The molecule has 3 aromatic rings. The summed E-state index contributed by atoms with van der Waals surface area (Å²) in [7, 11) is 0. The standard InChI is InChI=1S/C25H23F5N4O2/c26-15-9-17-16(19(27)10-15)11-21(35)23(17)34-20-4-6-33(7-5-25(28,29)30)12-18(20)22(32-34)13-2-1-3-14(8-13)24(31)36/h1-3,8-10,21,23,35H,4-7,11-12H2,(H2,31,36)/t21-,23-/m1/s1. The minimum Gasteiger partial charge on any atom is -0.390 e. The van der Waals surface area contributed by atoms with Gasteiger partial charge in [0.2, 0.25) is 5.91 Å². The van der Waals surface area contributed by atoms with E-state index in [4.69, 9.17) is 10.8 Å². The molecule has 3 N–H and O–H groups in total. The molecule has 0 radical (unpaired) electrons. The molecule has 1 aliphatic carbocycles. The Hall–Kier alpha value is -3.31. The Kier molecular flexibility index (Phi) is 6.08. The van der Waals surface area contributed by atoms with Gasteiger partial charge in [0, 0.05) is 60.9 Å². The third kappa shape index (κ3) is 4.48. The van der Waals surface area contributed by atoms with E-state index in [1.807, 2.05) is 0 Å². The van der Waals surface area contributed by atoms with Gasteiger partial charge in [-0.3, -0.25) is 14.4 Å². The summed E-state index contributed by atoms with van der Waals surface area (Å²) in [5, 5.41) is 15.6. The maximum Gasteiger partial charge on any atom is 0.390 e. The van der Waals surface area contributed by atoms with Crippen molar-refractivity contribution < 1.29 is 31.9 Å². The molecule has 0 saturated heterocycles. The second kappa shape index (κ2) is 8.97. The van der Waals surface area contributed by atoms with E-state index < -0.39 is 42.3 Å². The first kappa shape index (κ1) is 24.4. The number of aromatic nitrogens is 2. The van der Waals surface area contributed by atoms with Gasteiger partial charge in [-0.2, -0.15) is 18.3 Å². The largest absolute Gasteiger partial charge is 0.390 e. The van der Waals surface area contributed by atoms with E-state index in [2.05, 4.69) is 0 Å². The molecule has 0 saturated carbocycles. The van der Waals surface area contributed by atoms with Crippen molar-refractivity contribution in [3.05, 3.63) is 76.0 Å². The number of halogens is 5. The molecule has 36 heavy (non-hydrogen) atoms. The Labute approximate surface area is 203 Å². The number of nitrogens with zero attached hydrogens (tertiary/aromatic N) is 3. The number of aliphatic hydroxyl groups excluding tert-OH is 1. The smallest absolute Gasteiger partial charge is 0.390 e. The highest BCUT2D eigenvalue weighted by atomic mass is 19.4. The van der Waals surface area contributed by atoms with Crippen LogP contribution < -0.4 is 5.73 Å². The fraction of sp³-hybridized carbons (Fsp3) is 0.360. The van der Waals surface area contributed by atoms with Gasteiger partial charge >= 0.3 is 6.18 Å². The third-order valence-corrected chi connectivity index (χ3v) is 6.85. The summed E-state index contributed by atoms with van der Waals surface area (Å²) in [6, 6.07) is 7.48. The van der Waals surface area contributed by atoms with Gasteiger partial charge in [-0.15, -0.1) is 0 Å². The maximum absolute atomic E-state index is 14.5. The number of amides is 1. The van der Waals surface area contributed by atoms with Gasteiger partial charge in [-0.1, -0.05) is 12.1 Å². The van der Waals surface area contributed by atoms with E-state index in [1.54, 1.807) is 23.1 Å². The molecule has 2 heterocycles. The first-order valence-corrected chi connectivity index (χ1v) is 11.5. The second-order valence-electron chi connectivity index (χ2n) is 9.23. The van der Waals surface area contributed by atoms with Crippen LogP contribution in [0.25, 0.3) is 11.3 Å². The fourth-order valence-electron chi connectivity index (χ4n) is 5.18. The summed E-state index contributed by atoms with van der Waals surface area (Å²) >= 11 is 0. The number of alkyl halides is 3. The molecule has 2 aliphatic rings. The zero-order chi connectivity index (χ0) is 25.8. The Morgan fingerprint density at radius 3 is 2.67 bits per heavy atom. The molecule has 1 amide bonds. The van der Waals surface area contributed by atoms with Crippen molar-refractivity contribution in [1.82, 2.24) is 14.7 Å². The number of fused-ring (bicyclic) bond motifs is 2. The van der Waals surface area contributed by atoms with Crippen molar-refractivity contribution in [3.8, 4) is 11.3 Å². The van der Waals surface area contributed by atoms with Crippen LogP contribution in [-0.4, -0.2) is 51.1 Å². The van der Waals surface area contributed by atoms with Crippen LogP contribution in [0.1, 0.15) is 45.2 Å². The lowest BCUT2D eigenvalue weighted by Crippen LogP contribution is -2.35. The molecule has 2 aromatic carbocycles. The summed E-state index contributed by atoms with van der Waals surface area (Å²) in [6.45, 7) is 0.289. The number of aliphatic hydroxyl groups is 1. The lowest BCUT2D eigenvalue weighted by atomic mass is 9.98. The minimum absolute atomic E-state index is 0.0229. The van der Waals surface area contributed by atoms with Crippen LogP contribution >= 0.6 is 0 Å². The van der Waals surface area contributed by atoms with Gasteiger partial charge in [-0.25, -0.2) is 8.78 Å². The number of rotatable bonds is 5. The lowest BCUT2D eigenvalue weighted by Gasteiger charge is -2.29. The molecule has 11 heteroatoms. The van der Waals surface area contributed by atoms with Crippen LogP contribution in [0.3, 0.4) is 0 Å². The van der Waals surface area contributed by atoms with E-state index in [-0.39, 0.29) is 36.2 Å². The van der Waals surface area contributed by atoms with Crippen molar-refractivity contribution in [2.45, 2.75) is 44.1 Å². The summed E-state index contributed by atoms with van der Waals surface area (Å²) in [5.74, 6) is -2.18. The third-order valence-electron chi connectivity index (χ3n) is 6.85. The number of nitrogens with two attached hydrogens (primary N) is 1. The molecular formula is C25H23F5N4O2. The van der Waals surface area contributed by atoms with Crippen molar-refractivity contribution in [2.75, 3.05) is 13.1 Å². The Balaban J connectivity index is 1.62. The Bertz CT molecular complexity index is 1340. The number of hydrogen-bond donors (Lipinski definition) is 2. The summed E-state index contributed by atoms with van der Waals surface area (Å²) in [6.07, 6.45) is -6.03. The minimum atomic E-state index is -4.30. The highest BCUT2D eigenvalue weighted by molar-refractivity contribution is 5.94. The molecular weight excluding hydrogens is 483 g/mol. The van der Waals surface area contributed by atoms with E-state index in [9.17, 15) is 31.9 Å². The summed E-state index contributed by atoms with van der Waals surface area (Å²) in [4.78, 5) is 13.4. The predicted octanol–water partition coefficient (Wildman–Crippen LogP) is 3.74. The summed E-state index contributed by atoms with van der Waals surface area (Å²) < 4.78 is 68.7. The molecule has 6 nitrogen and oxygen atoms in total. The molecule has 0 spiro atoms. The zero-order valence-electron chi connectivity index (χ0n) is 19.0. The number of carbonyl (C=O) groups is 1. The fourth-order valence-corrected chi connectivity index (χ4v) is 5.18. The molecule has 190 valence electrons. The van der Waals surface area contributed by atoms with E-state index >= 15 is 0 Å². The summed E-state index contributed by atoms with van der Waals surface area (Å²) in [5.41, 5.74) is 8.39. The van der Waals surface area contributed by atoms with Gasteiger partial charge in [0.15, 0.2) is 0 Å². The van der Waals surface area contributed by atoms with E-state index in [1.165, 1.54) is 16.8 Å². The topological polar surface area (TPSA) is 84.4 Å². The van der Waals surface area contributed by atoms with Gasteiger partial charge in [0.05, 0.1) is 18.2 Å². The van der Waals surface area contributed by atoms with Crippen molar-refractivity contribution in [3.63, 3.8) is 0 Å². The zero-order valence-corrected chi connectivity index (χ0v) is 19.0. The average molecular weight is 506 g/mol. The van der Waals surface area contributed by atoms with E-state index in [0.717, 1.165) is 6.07 Å². The molecule has 5 rings (SSSR count). The molecule has 2 atom stereocenters. The van der Waals surface area contributed by atoms with Crippen LogP contribution in [0, 0.1) is 11.6 Å². The van der Waals surface area contributed by atoms with Crippen LogP contribution in [-0.2, 0) is 19.4 Å². The monoisotopic (exact) mass is 506 g/mol. The van der Waals surface area contributed by atoms with Crippen LogP contribution in [0.2, 0.25) is 0 Å². The molecule has 0 bridgehead atoms. The van der Waals surface area contributed by atoms with Gasteiger partial charge in [-0.05, 0) is 29.3 Å². The highest BCUT2D eigenvalue weighted by Gasteiger charge is 2.39. The molecule has 1 aromatic heterocycles. The van der Waals surface area contributed by atoms with Crippen LogP contribution in [0.15, 0.2) is 36.4 Å². The lowest BCUT2D eigenvalue weighted by molar-refractivity contribution is -0.138. The predicted molar refractivity (Wildman–Crippen MR) is 120 cm³/mol. The number of primary amides is 1. The molecule has 0 fully saturated rings. The second-order valence-corrected chi connectivity index (χ2v) is 9.23. The van der Waals surface area contributed by atoms with Gasteiger partial charge in [0.1, 0.15) is 17.7 Å². The van der Waals surface area contributed by atoms with Crippen molar-refractivity contribution in [2.24, 2.45) is 5.73 Å².